The van der Waals surface area contributed by atoms with Gasteiger partial charge in [-0.05, 0) is 0 Å². The maximum atomic E-state index is 8.58. The van der Waals surface area contributed by atoms with Crippen LogP contribution in [0, 0.1) is 83.5 Å². The molecule has 0 atom stereocenters. The molecule has 0 radical (unpaired) electrons. The van der Waals surface area contributed by atoms with E-state index < -0.39 is 99.1 Å². The van der Waals surface area contributed by atoms with Crippen LogP contribution in [0.2, 0.25) is 0 Å². The molecule has 0 rings (SSSR count). The predicted octanol–water partition coefficient (Wildman–Crippen LogP) is -6.36. The van der Waals surface area contributed by atoms with Crippen molar-refractivity contribution in [2.75, 3.05) is 0 Å². The van der Waals surface area contributed by atoms with Crippen molar-refractivity contribution in [3.05, 3.63) is 0 Å². The molecule has 0 bridgehead atoms. The van der Waals surface area contributed by atoms with E-state index in [1.807, 2.05) is 0 Å². The first-order chi connectivity index (χ1) is 8.24. The second-order valence-electron chi connectivity index (χ2n) is 1.14. The Morgan fingerprint density at radius 2 is 0.500 bits per heavy atom. The van der Waals surface area contributed by atoms with Crippen molar-refractivity contribution in [1.82, 2.24) is 0 Å². The van der Waals surface area contributed by atoms with Crippen molar-refractivity contribution in [2.24, 2.45) is 0 Å². The van der Waals surface area contributed by atoms with Crippen LogP contribution in [0.25, 0.3) is 0 Å². The van der Waals surface area contributed by atoms with Crippen molar-refractivity contribution >= 4 is 15.6 Å². The Morgan fingerprint density at radius 3 is 0.500 bits per heavy atom. The molecule has 0 spiro atoms. The fraction of sp³-hybridized carbons (Fsp3) is 0. The molecule has 0 fully saturated rings. The first-order valence-electron chi connectivity index (χ1n) is 2.69. The van der Waals surface area contributed by atoms with Crippen LogP contribution in [-0.4, -0.2) is 0 Å². The van der Waals surface area contributed by atoms with Gasteiger partial charge in [-0.1, -0.05) is 0 Å². The fourth-order valence-electron chi connectivity index (χ4n) is 0. The molecular weight excluding hydrogens is 1060 g/mol. The van der Waals surface area contributed by atoms with E-state index in [0.717, 1.165) is 0 Å². The van der Waals surface area contributed by atoms with Gasteiger partial charge in [-0.2, -0.15) is 15.6 Å². The normalized spacial score (nSPS) is 7.10. The van der Waals surface area contributed by atoms with E-state index in [9.17, 15) is 0 Å². The number of phosphoric acid groups is 2. The summed E-state index contributed by atoms with van der Waals surface area (Å²) < 4.78 is 68.6. The van der Waals surface area contributed by atoms with Gasteiger partial charge in [-0.15, -0.1) is 0 Å². The molecule has 114 valence electrons. The third-order valence-electron chi connectivity index (χ3n) is 0. The Bertz CT molecular complexity index is 306. The maximum absolute atomic E-state index is 8.58. The van der Waals surface area contributed by atoms with Crippen molar-refractivity contribution in [1.29, 1.82) is 0 Å². The molecule has 0 heterocycles. The summed E-state index contributed by atoms with van der Waals surface area (Å²) in [7, 11) is -10.8. The van der Waals surface area contributed by atoms with Gasteiger partial charge in [0.25, 0.3) is 0 Å². The van der Waals surface area contributed by atoms with Gasteiger partial charge in [0.05, 0.1) is 0 Å². The molecular formula is FeO14P2U3. The SMILES string of the molecule is O=P([O-])([O-])[O-].O=P([O-])([O-])[O-].[Fe].[O]=[U+2]=[O].[O]=[U+2]=[O].[O]=[U+2]=[O]. The summed E-state index contributed by atoms with van der Waals surface area (Å²) in [6.45, 7) is 0. The monoisotopic (exact) mass is 1060 g/mol. The molecule has 0 aliphatic carbocycles. The molecule has 20 heteroatoms. The molecule has 14 nitrogen and oxygen atoms in total. The van der Waals surface area contributed by atoms with Crippen molar-refractivity contribution < 1.29 is 152 Å². The van der Waals surface area contributed by atoms with Crippen LogP contribution in [-0.2, 0) is 39.6 Å². The minimum atomic E-state index is -5.39. The van der Waals surface area contributed by atoms with Gasteiger partial charge in [-0.25, -0.2) is 0 Å². The van der Waals surface area contributed by atoms with Crippen molar-refractivity contribution in [3.63, 3.8) is 0 Å². The second-order valence-corrected chi connectivity index (χ2v) is 5.02. The van der Waals surface area contributed by atoms with Gasteiger partial charge in [0.2, 0.25) is 0 Å². The standard InChI is InChI=1S/Fe.2H3O4P.6O.3U/c;2*1-5(2,3)4;;;;;;;;;/h;2*(H3,1,2,3,4);;;;;;;;;/q;;;;;;;;;3*+2/p-6. The Kier molecular flexibility index (Phi) is 56.9. The average molecular weight is 1060 g/mol. The van der Waals surface area contributed by atoms with Crippen molar-refractivity contribution in [3.8, 4) is 0 Å². The van der Waals surface area contributed by atoms with Crippen LogP contribution < -0.4 is 29.4 Å². The molecule has 0 aromatic rings. The van der Waals surface area contributed by atoms with E-state index >= 15 is 0 Å². The molecule has 0 amide bonds. The molecule has 0 unspecified atom stereocenters. The van der Waals surface area contributed by atoms with E-state index in [2.05, 4.69) is 0 Å². The Labute approximate surface area is 165 Å². The molecule has 0 aromatic carbocycles. The van der Waals surface area contributed by atoms with E-state index in [1.165, 1.54) is 0 Å². The predicted molar refractivity (Wildman–Crippen MR) is 19.3 cm³/mol. The van der Waals surface area contributed by atoms with Crippen LogP contribution in [0.4, 0.5) is 0 Å². The third-order valence-corrected chi connectivity index (χ3v) is 0. The summed E-state index contributed by atoms with van der Waals surface area (Å²) in [5.74, 6) is 0. The van der Waals surface area contributed by atoms with Crippen molar-refractivity contribution in [2.45, 2.75) is 0 Å². The second kappa shape index (κ2) is 29.7. The fourth-order valence-corrected chi connectivity index (χ4v) is 0. The first kappa shape index (κ1) is 38.3. The summed E-state index contributed by atoms with van der Waals surface area (Å²) in [5, 5.41) is 0. The molecule has 0 aliphatic heterocycles. The Morgan fingerprint density at radius 1 is 0.500 bits per heavy atom. The quantitative estimate of drug-likeness (QED) is 0.161. The number of hydrogen-bond acceptors (Lipinski definition) is 14. The van der Waals surface area contributed by atoms with E-state index in [4.69, 9.17) is 51.9 Å². The topological polar surface area (TPSA) is 275 Å². The van der Waals surface area contributed by atoms with Crippen LogP contribution in [0.1, 0.15) is 0 Å². The molecule has 0 N–H and O–H groups in total. The number of hydrogen-bond donors (Lipinski definition) is 0. The zero-order valence-corrected chi connectivity index (χ0v) is 23.8. The summed E-state index contributed by atoms with van der Waals surface area (Å²) >= 11 is -7.52. The number of rotatable bonds is 0. The molecule has 0 aromatic heterocycles. The third kappa shape index (κ3) is 1110. The zero-order valence-electron chi connectivity index (χ0n) is 8.46. The molecule has 20 heavy (non-hydrogen) atoms. The van der Waals surface area contributed by atoms with Gasteiger partial charge in [-0.3, -0.25) is 0 Å². The minimum absolute atomic E-state index is 0. The average Bonchev–Trinajstić information content (AvgIpc) is 1.99. The molecule has 0 saturated heterocycles. The summed E-state index contributed by atoms with van der Waals surface area (Å²) in [4.78, 5) is 51.3. The molecule has 0 saturated carbocycles. The zero-order chi connectivity index (χ0) is 17.1. The van der Waals surface area contributed by atoms with Gasteiger partial charge >= 0.3 is 96.9 Å². The van der Waals surface area contributed by atoms with Crippen LogP contribution in [0.3, 0.4) is 0 Å². The van der Waals surface area contributed by atoms with Gasteiger partial charge in [0.15, 0.2) is 0 Å². The van der Waals surface area contributed by atoms with E-state index in [-0.39, 0.29) is 17.1 Å². The van der Waals surface area contributed by atoms with Crippen LogP contribution in [0.5, 0.6) is 0 Å². The Hall–Kier alpha value is 2.70. The van der Waals surface area contributed by atoms with E-state index in [0.29, 0.717) is 0 Å². The summed E-state index contributed by atoms with van der Waals surface area (Å²) in [5.41, 5.74) is 0. The Balaban J connectivity index is -0.0000000310. The van der Waals surface area contributed by atoms with Crippen LogP contribution in [0.15, 0.2) is 0 Å². The van der Waals surface area contributed by atoms with E-state index in [1.54, 1.807) is 0 Å². The van der Waals surface area contributed by atoms with Gasteiger partial charge in [0, 0.05) is 17.1 Å². The first-order valence-corrected chi connectivity index (χ1v) is 15.8. The van der Waals surface area contributed by atoms with Crippen LogP contribution >= 0.6 is 15.6 Å². The summed E-state index contributed by atoms with van der Waals surface area (Å²) in [6, 6.07) is 0. The summed E-state index contributed by atoms with van der Waals surface area (Å²) in [6.07, 6.45) is 0. The van der Waals surface area contributed by atoms with Gasteiger partial charge < -0.3 is 38.5 Å². The molecule has 0 aliphatic rings. The van der Waals surface area contributed by atoms with Gasteiger partial charge in [0.1, 0.15) is 0 Å².